The van der Waals surface area contributed by atoms with E-state index < -0.39 is 33.4 Å². The topological polar surface area (TPSA) is 66.9 Å². The third kappa shape index (κ3) is 6.91. The minimum absolute atomic E-state index is 0.0951. The smallest absolute Gasteiger partial charge is 0.264 e. The third-order valence-corrected chi connectivity index (χ3v) is 9.01. The highest BCUT2D eigenvalue weighted by atomic mass is 35.5. The molecule has 4 aromatic rings. The van der Waals surface area contributed by atoms with Crippen LogP contribution in [0.1, 0.15) is 40.9 Å². The number of carbonyl (C=O) groups is 1. The first-order chi connectivity index (χ1) is 20.0. The second kappa shape index (κ2) is 13.4. The molecular formula is C32H31ClF2N2O4S. The van der Waals surface area contributed by atoms with Gasteiger partial charge in [-0.1, -0.05) is 48.0 Å². The van der Waals surface area contributed by atoms with Crippen molar-refractivity contribution in [2.24, 2.45) is 0 Å². The molecule has 1 unspecified atom stereocenters. The first-order valence-electron chi connectivity index (χ1n) is 13.3. The van der Waals surface area contributed by atoms with Gasteiger partial charge in [0.25, 0.3) is 15.9 Å². The number of benzene rings is 4. The summed E-state index contributed by atoms with van der Waals surface area (Å²) >= 11 is 5.96. The van der Waals surface area contributed by atoms with Crippen LogP contribution in [0.15, 0.2) is 95.9 Å². The SMILES string of the molecule is Cc1ccccc1C(=O)N(C)CCCOc1ccccc1C(C)N(c1cc(F)ccc1F)S(=O)(=O)c1ccc(Cl)cc1. The molecule has 0 saturated heterocycles. The van der Waals surface area contributed by atoms with E-state index in [1.807, 2.05) is 25.1 Å². The lowest BCUT2D eigenvalue weighted by Gasteiger charge is -2.32. The number of hydrogen-bond acceptors (Lipinski definition) is 4. The summed E-state index contributed by atoms with van der Waals surface area (Å²) in [6.45, 7) is 4.12. The molecule has 0 aromatic heterocycles. The van der Waals surface area contributed by atoms with E-state index in [9.17, 15) is 17.6 Å². The average molecular weight is 613 g/mol. The van der Waals surface area contributed by atoms with Gasteiger partial charge in [0, 0.05) is 35.8 Å². The standard InChI is InChI=1S/C32H31ClF2N2O4S/c1-22-9-4-5-10-27(22)32(38)36(3)19-8-20-41-31-12-7-6-11-28(31)23(2)37(30-21-25(34)15-18-29(30)35)42(39,40)26-16-13-24(33)14-17-26/h4-7,9-18,21,23H,8,19-20H2,1-3H3. The zero-order valence-electron chi connectivity index (χ0n) is 23.4. The molecule has 0 radical (unpaired) electrons. The fourth-order valence-electron chi connectivity index (χ4n) is 4.61. The van der Waals surface area contributed by atoms with Crippen molar-refractivity contribution in [2.75, 3.05) is 24.5 Å². The lowest BCUT2D eigenvalue weighted by atomic mass is 10.1. The van der Waals surface area contributed by atoms with E-state index in [0.717, 1.165) is 28.1 Å². The molecule has 0 bridgehead atoms. The van der Waals surface area contributed by atoms with Crippen LogP contribution >= 0.6 is 11.6 Å². The molecule has 10 heteroatoms. The zero-order chi connectivity index (χ0) is 30.4. The minimum Gasteiger partial charge on any atom is -0.493 e. The van der Waals surface area contributed by atoms with Crippen molar-refractivity contribution in [3.63, 3.8) is 0 Å². The van der Waals surface area contributed by atoms with Crippen molar-refractivity contribution in [1.29, 1.82) is 0 Å². The van der Waals surface area contributed by atoms with Gasteiger partial charge in [-0.25, -0.2) is 17.2 Å². The van der Waals surface area contributed by atoms with Gasteiger partial charge in [-0.05, 0) is 74.4 Å². The summed E-state index contributed by atoms with van der Waals surface area (Å²) in [6.07, 6.45) is 0.502. The minimum atomic E-state index is -4.38. The maximum absolute atomic E-state index is 15.1. The van der Waals surface area contributed by atoms with E-state index in [-0.39, 0.29) is 17.4 Å². The van der Waals surface area contributed by atoms with Gasteiger partial charge >= 0.3 is 0 Å². The molecule has 1 atom stereocenters. The van der Waals surface area contributed by atoms with E-state index >= 15 is 4.39 Å². The second-order valence-electron chi connectivity index (χ2n) is 9.81. The number of para-hydroxylation sites is 1. The zero-order valence-corrected chi connectivity index (χ0v) is 25.0. The van der Waals surface area contributed by atoms with Gasteiger partial charge < -0.3 is 9.64 Å². The van der Waals surface area contributed by atoms with Gasteiger partial charge in [0.2, 0.25) is 0 Å². The van der Waals surface area contributed by atoms with Crippen LogP contribution in [0.25, 0.3) is 0 Å². The Balaban J connectivity index is 1.58. The largest absolute Gasteiger partial charge is 0.493 e. The number of nitrogens with zero attached hydrogens (tertiary/aromatic N) is 2. The normalized spacial score (nSPS) is 12.0. The Hall–Kier alpha value is -3.95. The molecule has 0 heterocycles. The highest BCUT2D eigenvalue weighted by Crippen LogP contribution is 2.38. The van der Waals surface area contributed by atoms with Crippen molar-refractivity contribution in [3.8, 4) is 5.75 Å². The molecule has 0 aliphatic rings. The predicted molar refractivity (Wildman–Crippen MR) is 161 cm³/mol. The molecule has 0 N–H and O–H groups in total. The molecule has 0 saturated carbocycles. The molecule has 6 nitrogen and oxygen atoms in total. The Bertz CT molecular complexity index is 1670. The lowest BCUT2D eigenvalue weighted by molar-refractivity contribution is 0.0787. The van der Waals surface area contributed by atoms with Crippen LogP contribution in [-0.4, -0.2) is 39.4 Å². The fourth-order valence-corrected chi connectivity index (χ4v) is 6.37. The molecule has 42 heavy (non-hydrogen) atoms. The highest BCUT2D eigenvalue weighted by molar-refractivity contribution is 7.92. The summed E-state index contributed by atoms with van der Waals surface area (Å²) < 4.78 is 64.1. The monoisotopic (exact) mass is 612 g/mol. The number of anilines is 1. The second-order valence-corrected chi connectivity index (χ2v) is 12.1. The van der Waals surface area contributed by atoms with Gasteiger partial charge in [0.05, 0.1) is 23.2 Å². The van der Waals surface area contributed by atoms with Crippen LogP contribution < -0.4 is 9.04 Å². The molecule has 0 aliphatic heterocycles. The van der Waals surface area contributed by atoms with E-state index in [1.165, 1.54) is 24.3 Å². The van der Waals surface area contributed by atoms with Crippen LogP contribution in [0, 0.1) is 18.6 Å². The van der Waals surface area contributed by atoms with E-state index in [4.69, 9.17) is 16.3 Å². The van der Waals surface area contributed by atoms with Gasteiger partial charge in [0.15, 0.2) is 0 Å². The molecule has 0 spiro atoms. The van der Waals surface area contributed by atoms with Crippen molar-refractivity contribution in [3.05, 3.63) is 124 Å². The number of amides is 1. The molecule has 0 aliphatic carbocycles. The fraction of sp³-hybridized carbons (Fsp3) is 0.219. The molecule has 1 amide bonds. The van der Waals surface area contributed by atoms with E-state index in [0.29, 0.717) is 34.9 Å². The Morgan fingerprint density at radius 3 is 2.33 bits per heavy atom. The number of rotatable bonds is 11. The van der Waals surface area contributed by atoms with E-state index in [1.54, 1.807) is 49.2 Å². The van der Waals surface area contributed by atoms with Crippen LogP contribution in [0.5, 0.6) is 5.75 Å². The van der Waals surface area contributed by atoms with Crippen LogP contribution in [0.4, 0.5) is 14.5 Å². The maximum atomic E-state index is 15.1. The lowest BCUT2D eigenvalue weighted by Crippen LogP contribution is -2.34. The van der Waals surface area contributed by atoms with Gasteiger partial charge in [-0.2, -0.15) is 0 Å². The van der Waals surface area contributed by atoms with Gasteiger partial charge in [0.1, 0.15) is 17.4 Å². The maximum Gasteiger partial charge on any atom is 0.264 e. The predicted octanol–water partition coefficient (Wildman–Crippen LogP) is 7.42. The molecular weight excluding hydrogens is 582 g/mol. The van der Waals surface area contributed by atoms with Crippen LogP contribution in [-0.2, 0) is 10.0 Å². The number of carbonyl (C=O) groups excluding carboxylic acids is 1. The van der Waals surface area contributed by atoms with Crippen molar-refractivity contribution >= 4 is 33.2 Å². The first kappa shape index (κ1) is 31.0. The number of sulfonamides is 1. The van der Waals surface area contributed by atoms with E-state index in [2.05, 4.69) is 0 Å². The Labute approximate surface area is 250 Å². The highest BCUT2D eigenvalue weighted by Gasteiger charge is 2.34. The Morgan fingerprint density at radius 1 is 0.952 bits per heavy atom. The van der Waals surface area contributed by atoms with Crippen molar-refractivity contribution in [2.45, 2.75) is 31.2 Å². The summed E-state index contributed by atoms with van der Waals surface area (Å²) in [4.78, 5) is 14.3. The van der Waals surface area contributed by atoms with Crippen LogP contribution in [0.3, 0.4) is 0 Å². The molecule has 0 fully saturated rings. The van der Waals surface area contributed by atoms with Crippen LogP contribution in [0.2, 0.25) is 5.02 Å². The quantitative estimate of drug-likeness (QED) is 0.165. The molecule has 4 rings (SSSR count). The van der Waals surface area contributed by atoms with Gasteiger partial charge in [-0.15, -0.1) is 0 Å². The van der Waals surface area contributed by atoms with Crippen molar-refractivity contribution in [1.82, 2.24) is 4.90 Å². The third-order valence-electron chi connectivity index (χ3n) is 6.85. The number of halogens is 3. The Morgan fingerprint density at radius 2 is 1.62 bits per heavy atom. The first-order valence-corrected chi connectivity index (χ1v) is 15.1. The molecule has 4 aromatic carbocycles. The van der Waals surface area contributed by atoms with Gasteiger partial charge in [-0.3, -0.25) is 9.10 Å². The Kier molecular flexibility index (Phi) is 9.85. The number of ether oxygens (including phenoxy) is 1. The summed E-state index contributed by atoms with van der Waals surface area (Å²) in [7, 11) is -2.66. The summed E-state index contributed by atoms with van der Waals surface area (Å²) in [6, 6.07) is 21.3. The summed E-state index contributed by atoms with van der Waals surface area (Å²) in [5.41, 5.74) is 1.53. The summed E-state index contributed by atoms with van der Waals surface area (Å²) in [5.74, 6) is -1.40. The molecule has 220 valence electrons. The van der Waals surface area contributed by atoms with Crippen molar-refractivity contribution < 1.29 is 26.7 Å². The summed E-state index contributed by atoms with van der Waals surface area (Å²) in [5, 5.41) is 0.329. The average Bonchev–Trinajstić information content (AvgIpc) is 2.97. The number of aryl methyl sites for hydroxylation is 1. The number of hydrogen-bond donors (Lipinski definition) is 0.